The van der Waals surface area contributed by atoms with E-state index in [1.165, 1.54) is 13.2 Å². The summed E-state index contributed by atoms with van der Waals surface area (Å²) in [5, 5.41) is 3.06. The van der Waals surface area contributed by atoms with Gasteiger partial charge in [0.1, 0.15) is 0 Å². The van der Waals surface area contributed by atoms with Crippen molar-refractivity contribution in [3.63, 3.8) is 0 Å². The first-order valence-electron chi connectivity index (χ1n) is 7.09. The van der Waals surface area contributed by atoms with Gasteiger partial charge in [0.05, 0.1) is 20.9 Å². The molecule has 0 fully saturated rings. The van der Waals surface area contributed by atoms with E-state index in [4.69, 9.17) is 0 Å². The van der Waals surface area contributed by atoms with Crippen LogP contribution in [0.4, 0.5) is 0 Å². The van der Waals surface area contributed by atoms with Gasteiger partial charge in [-0.2, -0.15) is 0 Å². The Bertz CT molecular complexity index is 986. The lowest BCUT2D eigenvalue weighted by molar-refractivity contribution is 0.0964. The van der Waals surface area contributed by atoms with Crippen LogP contribution in [0.5, 0.6) is 0 Å². The molecule has 118 valence electrons. The molecule has 0 unspecified atom stereocenters. The van der Waals surface area contributed by atoms with E-state index < -0.39 is 9.84 Å². The largest absolute Gasteiger partial charge is 0.359 e. The number of sulfone groups is 1. The molecule has 5 nitrogen and oxygen atoms in total. The molecule has 6 heteroatoms. The molecule has 2 N–H and O–H groups in total. The average molecular weight is 328 g/mol. The smallest absolute Gasteiger partial charge is 0.253 e. The molecule has 0 aliphatic heterocycles. The van der Waals surface area contributed by atoms with Gasteiger partial charge in [-0.1, -0.05) is 29.8 Å². The van der Waals surface area contributed by atoms with Crippen molar-refractivity contribution in [3.8, 4) is 0 Å². The van der Waals surface area contributed by atoms with E-state index in [1.807, 2.05) is 6.92 Å². The highest BCUT2D eigenvalue weighted by Gasteiger charge is 2.23. The van der Waals surface area contributed by atoms with Gasteiger partial charge in [0.15, 0.2) is 0 Å². The molecule has 0 saturated carbocycles. The Morgan fingerprint density at radius 1 is 1.09 bits per heavy atom. The number of H-pyrrole nitrogens is 1. The molecule has 3 aromatic rings. The maximum absolute atomic E-state index is 12.9. The van der Waals surface area contributed by atoms with Crippen LogP contribution in [0.1, 0.15) is 15.9 Å². The van der Waals surface area contributed by atoms with Crippen molar-refractivity contribution in [3.05, 3.63) is 59.8 Å². The van der Waals surface area contributed by atoms with Crippen LogP contribution in [0.25, 0.3) is 10.9 Å². The zero-order valence-electron chi connectivity index (χ0n) is 12.8. The lowest BCUT2D eigenvalue weighted by atomic mass is 10.1. The number of carbonyl (C=O) groups excluding carboxylic acids is 1. The highest BCUT2D eigenvalue weighted by molar-refractivity contribution is 7.91. The van der Waals surface area contributed by atoms with Crippen LogP contribution in [-0.2, 0) is 9.84 Å². The van der Waals surface area contributed by atoms with E-state index in [1.54, 1.807) is 42.5 Å². The molecule has 0 radical (unpaired) electrons. The molecule has 3 rings (SSSR count). The molecule has 1 heterocycles. The number of amides is 1. The van der Waals surface area contributed by atoms with E-state index in [0.29, 0.717) is 16.5 Å². The monoisotopic (exact) mass is 328 g/mol. The third-order valence-electron chi connectivity index (χ3n) is 3.77. The van der Waals surface area contributed by atoms with Gasteiger partial charge in [-0.05, 0) is 25.1 Å². The molecule has 0 spiro atoms. The number of hydrogen-bond acceptors (Lipinski definition) is 3. The van der Waals surface area contributed by atoms with Gasteiger partial charge in [0, 0.05) is 18.6 Å². The third-order valence-corrected chi connectivity index (χ3v) is 5.58. The van der Waals surface area contributed by atoms with Crippen molar-refractivity contribution in [1.29, 1.82) is 0 Å². The first-order chi connectivity index (χ1) is 10.9. The zero-order chi connectivity index (χ0) is 16.6. The van der Waals surface area contributed by atoms with Crippen molar-refractivity contribution in [1.82, 2.24) is 10.3 Å². The highest BCUT2D eigenvalue weighted by Crippen LogP contribution is 2.30. The van der Waals surface area contributed by atoms with Crippen molar-refractivity contribution in [2.24, 2.45) is 0 Å². The maximum Gasteiger partial charge on any atom is 0.253 e. The highest BCUT2D eigenvalue weighted by atomic mass is 32.2. The Kier molecular flexibility index (Phi) is 3.69. The number of nitrogens with one attached hydrogen (secondary N) is 2. The van der Waals surface area contributed by atoms with E-state index in [-0.39, 0.29) is 15.7 Å². The van der Waals surface area contributed by atoms with Crippen LogP contribution in [0, 0.1) is 6.92 Å². The van der Waals surface area contributed by atoms with Crippen LogP contribution < -0.4 is 5.32 Å². The number of carbonyl (C=O) groups is 1. The number of rotatable bonds is 3. The fourth-order valence-corrected chi connectivity index (χ4v) is 3.94. The molecule has 2 aromatic carbocycles. The van der Waals surface area contributed by atoms with Gasteiger partial charge >= 0.3 is 0 Å². The van der Waals surface area contributed by atoms with Crippen LogP contribution in [-0.4, -0.2) is 26.4 Å². The molecule has 23 heavy (non-hydrogen) atoms. The predicted octanol–water partition coefficient (Wildman–Crippen LogP) is 2.67. The van der Waals surface area contributed by atoms with E-state index in [2.05, 4.69) is 10.3 Å². The second-order valence-electron chi connectivity index (χ2n) is 5.28. The summed E-state index contributed by atoms with van der Waals surface area (Å²) >= 11 is 0. The number of aryl methyl sites for hydroxylation is 1. The molecular formula is C17H16N2O3S. The number of aromatic amines is 1. The minimum Gasteiger partial charge on any atom is -0.359 e. The lowest BCUT2D eigenvalue weighted by Gasteiger charge is -2.05. The van der Waals surface area contributed by atoms with Crippen molar-refractivity contribution in [2.75, 3.05) is 7.05 Å². The Hall–Kier alpha value is -2.60. The van der Waals surface area contributed by atoms with Crippen molar-refractivity contribution < 1.29 is 13.2 Å². The van der Waals surface area contributed by atoms with E-state index in [0.717, 1.165) is 5.56 Å². The van der Waals surface area contributed by atoms with Gasteiger partial charge < -0.3 is 10.3 Å². The Morgan fingerprint density at radius 3 is 2.43 bits per heavy atom. The Morgan fingerprint density at radius 2 is 1.78 bits per heavy atom. The molecule has 1 amide bonds. The molecule has 1 aromatic heterocycles. The van der Waals surface area contributed by atoms with Gasteiger partial charge in [-0.25, -0.2) is 8.42 Å². The fourth-order valence-electron chi connectivity index (χ4n) is 2.52. The SMILES string of the molecule is CNC(=O)c1cccc2c(S(=O)(=O)c3ccc(C)cc3)c[nH]c12. The number of fused-ring (bicyclic) bond motifs is 1. The third kappa shape index (κ3) is 2.51. The topological polar surface area (TPSA) is 79.0 Å². The summed E-state index contributed by atoms with van der Waals surface area (Å²) in [4.78, 5) is 15.2. The Balaban J connectivity index is 2.21. The quantitative estimate of drug-likeness (QED) is 0.776. The van der Waals surface area contributed by atoms with Crippen LogP contribution in [0.3, 0.4) is 0 Å². The molecule has 0 aliphatic carbocycles. The van der Waals surface area contributed by atoms with Crippen molar-refractivity contribution in [2.45, 2.75) is 16.7 Å². The first-order valence-corrected chi connectivity index (χ1v) is 8.57. The summed E-state index contributed by atoms with van der Waals surface area (Å²) in [6.45, 7) is 1.90. The standard InChI is InChI=1S/C17H16N2O3S/c1-11-6-8-12(9-7-11)23(21,22)15-10-19-16-13(15)4-3-5-14(16)17(20)18-2/h3-10,19H,1-2H3,(H,18,20). The molecular weight excluding hydrogens is 312 g/mol. The summed E-state index contributed by atoms with van der Waals surface area (Å²) in [7, 11) is -2.12. The summed E-state index contributed by atoms with van der Waals surface area (Å²) in [6.07, 6.45) is 1.44. The number of aromatic nitrogens is 1. The fraction of sp³-hybridized carbons (Fsp3) is 0.118. The Labute approximate surface area is 134 Å². The molecule has 0 atom stereocenters. The average Bonchev–Trinajstić information content (AvgIpc) is 2.99. The van der Waals surface area contributed by atoms with Crippen LogP contribution >= 0.6 is 0 Å². The molecule has 0 bridgehead atoms. The molecule has 0 saturated heterocycles. The van der Waals surface area contributed by atoms with Crippen LogP contribution in [0.15, 0.2) is 58.5 Å². The minimum atomic E-state index is -3.65. The lowest BCUT2D eigenvalue weighted by Crippen LogP contribution is -2.18. The van der Waals surface area contributed by atoms with E-state index >= 15 is 0 Å². The van der Waals surface area contributed by atoms with Gasteiger partial charge in [-0.3, -0.25) is 4.79 Å². The minimum absolute atomic E-state index is 0.169. The first kappa shape index (κ1) is 15.3. The normalized spacial score (nSPS) is 11.6. The number of benzene rings is 2. The second kappa shape index (κ2) is 5.55. The summed E-state index contributed by atoms with van der Waals surface area (Å²) < 4.78 is 25.7. The van der Waals surface area contributed by atoms with Gasteiger partial charge in [0.25, 0.3) is 5.91 Å². The van der Waals surface area contributed by atoms with Gasteiger partial charge in [0.2, 0.25) is 9.84 Å². The summed E-state index contributed by atoms with van der Waals surface area (Å²) in [5.74, 6) is -0.267. The summed E-state index contributed by atoms with van der Waals surface area (Å²) in [5.41, 5.74) is 1.91. The maximum atomic E-state index is 12.9. The predicted molar refractivity (Wildman–Crippen MR) is 88.3 cm³/mol. The van der Waals surface area contributed by atoms with Crippen LogP contribution in [0.2, 0.25) is 0 Å². The molecule has 0 aliphatic rings. The summed E-state index contributed by atoms with van der Waals surface area (Å²) in [6, 6.07) is 11.7. The zero-order valence-corrected chi connectivity index (χ0v) is 13.6. The van der Waals surface area contributed by atoms with Gasteiger partial charge in [-0.15, -0.1) is 0 Å². The second-order valence-corrected chi connectivity index (χ2v) is 7.19. The number of para-hydroxylation sites is 1. The van der Waals surface area contributed by atoms with Crippen molar-refractivity contribution >= 4 is 26.6 Å². The number of hydrogen-bond donors (Lipinski definition) is 2. The van der Waals surface area contributed by atoms with E-state index in [9.17, 15) is 13.2 Å².